The maximum atomic E-state index is 4.56. The van der Waals surface area contributed by atoms with Gasteiger partial charge in [-0.05, 0) is 30.1 Å². The van der Waals surface area contributed by atoms with Crippen molar-refractivity contribution in [3.8, 4) is 0 Å². The molecule has 0 aliphatic heterocycles. The molecule has 0 saturated heterocycles. The van der Waals surface area contributed by atoms with E-state index in [9.17, 15) is 0 Å². The lowest BCUT2D eigenvalue weighted by Gasteiger charge is -2.04. The molecule has 3 aromatic heterocycles. The van der Waals surface area contributed by atoms with Gasteiger partial charge in [-0.25, -0.2) is 15.0 Å². The average molecular weight is 294 g/mol. The van der Waals surface area contributed by atoms with E-state index >= 15 is 0 Å². The summed E-state index contributed by atoms with van der Waals surface area (Å²) >= 11 is 4.88. The largest absolute Gasteiger partial charge is 0.354 e. The second-order valence-electron chi connectivity index (χ2n) is 3.42. The molecular weight excluding hydrogens is 284 g/mol. The molecule has 0 aliphatic carbocycles. The summed E-state index contributed by atoms with van der Waals surface area (Å²) in [6.07, 6.45) is 1.81. The van der Waals surface area contributed by atoms with Crippen LogP contribution in [0.1, 0.15) is 6.92 Å². The number of rotatable bonds is 4. The van der Waals surface area contributed by atoms with Crippen molar-refractivity contribution in [3.05, 3.63) is 23.0 Å². The molecule has 1 N–H and O–H groups in total. The highest BCUT2D eigenvalue weighted by Gasteiger charge is 2.11. The lowest BCUT2D eigenvalue weighted by molar-refractivity contribution is 1.05. The number of thiophene rings is 1. The van der Waals surface area contributed by atoms with Crippen LogP contribution in [0.5, 0.6) is 0 Å². The molecule has 0 amide bonds. The monoisotopic (exact) mass is 294 g/mol. The van der Waals surface area contributed by atoms with Gasteiger partial charge in [0.1, 0.15) is 5.03 Å². The molecule has 92 valence electrons. The highest BCUT2D eigenvalue weighted by Crippen LogP contribution is 2.35. The van der Waals surface area contributed by atoms with Crippen molar-refractivity contribution in [3.63, 3.8) is 0 Å². The summed E-state index contributed by atoms with van der Waals surface area (Å²) in [5, 5.41) is 8.15. The smallest absolute Gasteiger partial charge is 0.224 e. The topological polar surface area (TPSA) is 50.7 Å². The first-order chi connectivity index (χ1) is 8.86. The highest BCUT2D eigenvalue weighted by molar-refractivity contribution is 8.01. The Labute approximate surface area is 117 Å². The van der Waals surface area contributed by atoms with Gasteiger partial charge in [-0.15, -0.1) is 22.7 Å². The summed E-state index contributed by atoms with van der Waals surface area (Å²) in [4.78, 5) is 13.3. The zero-order chi connectivity index (χ0) is 12.4. The van der Waals surface area contributed by atoms with Gasteiger partial charge < -0.3 is 5.32 Å². The van der Waals surface area contributed by atoms with Gasteiger partial charge in [-0.1, -0.05) is 0 Å². The van der Waals surface area contributed by atoms with Gasteiger partial charge in [0, 0.05) is 18.1 Å². The van der Waals surface area contributed by atoms with Crippen LogP contribution in [0.15, 0.2) is 32.4 Å². The zero-order valence-electron chi connectivity index (χ0n) is 9.58. The Kier molecular flexibility index (Phi) is 3.44. The second-order valence-corrected chi connectivity index (χ2v) is 6.46. The SMILES string of the molecule is CCNc1nc(Sc2nccs2)c2sccc2n1. The highest BCUT2D eigenvalue weighted by atomic mass is 32.2. The van der Waals surface area contributed by atoms with Crippen LogP contribution < -0.4 is 5.32 Å². The van der Waals surface area contributed by atoms with Gasteiger partial charge in [0.25, 0.3) is 0 Å². The van der Waals surface area contributed by atoms with E-state index in [4.69, 9.17) is 0 Å². The van der Waals surface area contributed by atoms with Gasteiger partial charge in [0.05, 0.1) is 10.2 Å². The van der Waals surface area contributed by atoms with Crippen LogP contribution in [0.25, 0.3) is 10.2 Å². The van der Waals surface area contributed by atoms with Crippen LogP contribution in [0.3, 0.4) is 0 Å². The summed E-state index contributed by atoms with van der Waals surface area (Å²) < 4.78 is 2.13. The summed E-state index contributed by atoms with van der Waals surface area (Å²) in [7, 11) is 0. The molecule has 0 unspecified atom stereocenters. The summed E-state index contributed by atoms with van der Waals surface area (Å²) in [5.41, 5.74) is 0.991. The van der Waals surface area contributed by atoms with Gasteiger partial charge in [0.2, 0.25) is 5.95 Å². The van der Waals surface area contributed by atoms with Crippen molar-refractivity contribution in [1.82, 2.24) is 15.0 Å². The van der Waals surface area contributed by atoms with Crippen LogP contribution in [0.4, 0.5) is 5.95 Å². The number of hydrogen-bond acceptors (Lipinski definition) is 7. The summed E-state index contributed by atoms with van der Waals surface area (Å²) in [6, 6.07) is 2.02. The Morgan fingerprint density at radius 2 is 2.22 bits per heavy atom. The fraction of sp³-hybridized carbons (Fsp3) is 0.182. The molecule has 0 atom stereocenters. The number of fused-ring (bicyclic) bond motifs is 1. The van der Waals surface area contributed by atoms with Gasteiger partial charge in [-0.3, -0.25) is 0 Å². The van der Waals surface area contributed by atoms with E-state index in [-0.39, 0.29) is 0 Å². The molecule has 7 heteroatoms. The van der Waals surface area contributed by atoms with Crippen molar-refractivity contribution < 1.29 is 0 Å². The normalized spacial score (nSPS) is 10.9. The Balaban J connectivity index is 2.04. The van der Waals surface area contributed by atoms with E-state index < -0.39 is 0 Å². The molecule has 3 rings (SSSR count). The van der Waals surface area contributed by atoms with Crippen LogP contribution in [-0.2, 0) is 0 Å². The third-order valence-electron chi connectivity index (χ3n) is 2.20. The van der Waals surface area contributed by atoms with Crippen molar-refractivity contribution in [2.45, 2.75) is 16.3 Å². The zero-order valence-corrected chi connectivity index (χ0v) is 12.0. The molecule has 3 heterocycles. The van der Waals surface area contributed by atoms with Gasteiger partial charge >= 0.3 is 0 Å². The lowest BCUT2D eigenvalue weighted by atomic mass is 10.5. The first kappa shape index (κ1) is 11.9. The predicted octanol–water partition coefficient (Wildman–Crippen LogP) is 3.73. The maximum absolute atomic E-state index is 4.56. The van der Waals surface area contributed by atoms with E-state index in [0.29, 0.717) is 5.95 Å². The van der Waals surface area contributed by atoms with Crippen LogP contribution in [-0.4, -0.2) is 21.5 Å². The Bertz CT molecular complexity index is 647. The quantitative estimate of drug-likeness (QED) is 0.743. The first-order valence-electron chi connectivity index (χ1n) is 5.43. The van der Waals surface area contributed by atoms with Crippen LogP contribution >= 0.6 is 34.4 Å². The molecule has 0 bridgehead atoms. The summed E-state index contributed by atoms with van der Waals surface area (Å²) in [6.45, 7) is 2.85. The van der Waals surface area contributed by atoms with Crippen LogP contribution in [0.2, 0.25) is 0 Å². The third-order valence-corrected chi connectivity index (χ3v) is 5.11. The van der Waals surface area contributed by atoms with Gasteiger partial charge in [0.15, 0.2) is 4.34 Å². The van der Waals surface area contributed by atoms with Crippen molar-refractivity contribution >= 4 is 50.6 Å². The van der Waals surface area contributed by atoms with E-state index in [2.05, 4.69) is 20.3 Å². The molecule has 0 aromatic carbocycles. The minimum Gasteiger partial charge on any atom is -0.354 e. The second kappa shape index (κ2) is 5.21. The molecule has 0 spiro atoms. The van der Waals surface area contributed by atoms with Crippen molar-refractivity contribution in [1.29, 1.82) is 0 Å². The van der Waals surface area contributed by atoms with Crippen molar-refractivity contribution in [2.75, 3.05) is 11.9 Å². The Morgan fingerprint density at radius 3 is 3.00 bits per heavy atom. The fourth-order valence-electron chi connectivity index (χ4n) is 1.49. The van der Waals surface area contributed by atoms with E-state index in [0.717, 1.165) is 26.1 Å². The van der Waals surface area contributed by atoms with E-state index in [1.54, 1.807) is 34.4 Å². The third kappa shape index (κ3) is 2.33. The molecule has 18 heavy (non-hydrogen) atoms. The standard InChI is InChI=1S/C11H10N4S3/c1-2-12-10-14-7-3-5-16-8(7)9(15-10)18-11-13-4-6-17-11/h3-6H,2H2,1H3,(H,12,14,15). The number of thiazole rings is 1. The molecule has 0 saturated carbocycles. The van der Waals surface area contributed by atoms with Crippen molar-refractivity contribution in [2.24, 2.45) is 0 Å². The molecule has 0 fully saturated rings. The number of hydrogen-bond donors (Lipinski definition) is 1. The molecule has 0 radical (unpaired) electrons. The molecule has 0 aliphatic rings. The maximum Gasteiger partial charge on any atom is 0.224 e. The predicted molar refractivity (Wildman–Crippen MR) is 77.8 cm³/mol. The Morgan fingerprint density at radius 1 is 1.28 bits per heavy atom. The number of anilines is 1. The first-order valence-corrected chi connectivity index (χ1v) is 8.01. The average Bonchev–Trinajstić information content (AvgIpc) is 2.99. The fourth-order valence-corrected chi connectivity index (χ4v) is 4.03. The Hall–Kier alpha value is -1.18. The lowest BCUT2D eigenvalue weighted by Crippen LogP contribution is -2.02. The van der Waals surface area contributed by atoms with Gasteiger partial charge in [-0.2, -0.15) is 0 Å². The number of aromatic nitrogens is 3. The van der Waals surface area contributed by atoms with Crippen LogP contribution in [0, 0.1) is 0 Å². The molecule has 3 aromatic rings. The molecular formula is C11H10N4S3. The summed E-state index contributed by atoms with van der Waals surface area (Å²) in [5.74, 6) is 0.683. The number of nitrogens with zero attached hydrogens (tertiary/aromatic N) is 3. The molecule has 4 nitrogen and oxygen atoms in total. The number of nitrogens with one attached hydrogen (secondary N) is 1. The van der Waals surface area contributed by atoms with E-state index in [1.807, 2.05) is 29.9 Å². The minimum atomic E-state index is 0.683. The van der Waals surface area contributed by atoms with E-state index in [1.165, 1.54) is 0 Å². The minimum absolute atomic E-state index is 0.683.